The van der Waals surface area contributed by atoms with Crippen LogP contribution >= 0.6 is 27.3 Å². The lowest BCUT2D eigenvalue weighted by Crippen LogP contribution is -2.46. The summed E-state index contributed by atoms with van der Waals surface area (Å²) in [5.41, 5.74) is 0.628. The molecule has 1 aliphatic heterocycles. The van der Waals surface area contributed by atoms with Gasteiger partial charge in [0, 0.05) is 18.5 Å². The summed E-state index contributed by atoms with van der Waals surface area (Å²) >= 11 is 4.77. The Balaban J connectivity index is 2.00. The fourth-order valence-corrected chi connectivity index (χ4v) is 2.96. The van der Waals surface area contributed by atoms with Crippen molar-refractivity contribution in [2.75, 3.05) is 19.7 Å². The van der Waals surface area contributed by atoms with E-state index in [1.807, 2.05) is 0 Å². The molecule has 1 unspecified atom stereocenters. The Morgan fingerprint density at radius 3 is 3.00 bits per heavy atom. The number of nitrogens with zero attached hydrogens (tertiary/aromatic N) is 1. The van der Waals surface area contributed by atoms with Crippen molar-refractivity contribution >= 4 is 39.1 Å². The minimum absolute atomic E-state index is 0.0723. The van der Waals surface area contributed by atoms with Gasteiger partial charge in [-0.1, -0.05) is 0 Å². The Hall–Kier alpha value is -0.920. The van der Waals surface area contributed by atoms with Crippen molar-refractivity contribution in [3.8, 4) is 0 Å². The molecule has 1 N–H and O–H groups in total. The maximum Gasteiger partial charge on any atom is 0.306 e. The zero-order valence-corrected chi connectivity index (χ0v) is 11.9. The average molecular weight is 334 g/mol. The number of thiophene rings is 1. The number of aliphatic carboxylic acids is 1. The molecule has 1 fully saturated rings. The number of carboxylic acids is 1. The molecule has 1 saturated heterocycles. The number of carboxylic acid groups (broad SMARTS) is 1. The van der Waals surface area contributed by atoms with Gasteiger partial charge in [-0.25, -0.2) is 0 Å². The maximum atomic E-state index is 12.2. The van der Waals surface area contributed by atoms with Crippen molar-refractivity contribution in [1.29, 1.82) is 0 Å². The summed E-state index contributed by atoms with van der Waals surface area (Å²) in [4.78, 5) is 24.4. The van der Waals surface area contributed by atoms with Crippen molar-refractivity contribution in [3.05, 3.63) is 20.8 Å². The molecule has 1 atom stereocenters. The topological polar surface area (TPSA) is 66.8 Å². The van der Waals surface area contributed by atoms with Gasteiger partial charge in [0.15, 0.2) is 0 Å². The SMILES string of the molecule is O=C(O)CC1CN(C(=O)c2csc(Br)c2)CCO1. The Morgan fingerprint density at radius 1 is 1.61 bits per heavy atom. The Labute approximate surface area is 116 Å². The molecule has 1 amide bonds. The molecule has 5 nitrogen and oxygen atoms in total. The zero-order valence-electron chi connectivity index (χ0n) is 9.47. The van der Waals surface area contributed by atoms with Gasteiger partial charge in [-0.05, 0) is 22.0 Å². The molecule has 0 radical (unpaired) electrons. The Kier molecular flexibility index (Phi) is 4.36. The first-order valence-electron chi connectivity index (χ1n) is 5.43. The maximum absolute atomic E-state index is 12.2. The second-order valence-electron chi connectivity index (χ2n) is 3.98. The zero-order chi connectivity index (χ0) is 13.1. The summed E-state index contributed by atoms with van der Waals surface area (Å²) < 4.78 is 6.23. The molecule has 2 heterocycles. The highest BCUT2D eigenvalue weighted by Gasteiger charge is 2.26. The molecule has 1 aliphatic rings. The van der Waals surface area contributed by atoms with E-state index in [9.17, 15) is 9.59 Å². The van der Waals surface area contributed by atoms with Crippen LogP contribution in [0.15, 0.2) is 15.2 Å². The fraction of sp³-hybridized carbons (Fsp3) is 0.455. The lowest BCUT2D eigenvalue weighted by Gasteiger charge is -2.32. The number of halogens is 1. The predicted octanol–water partition coefficient (Wildman–Crippen LogP) is 1.83. The third-order valence-electron chi connectivity index (χ3n) is 2.64. The lowest BCUT2D eigenvalue weighted by molar-refractivity contribution is -0.141. The minimum atomic E-state index is -0.910. The van der Waals surface area contributed by atoms with Crippen molar-refractivity contribution < 1.29 is 19.4 Å². The van der Waals surface area contributed by atoms with E-state index in [-0.39, 0.29) is 12.3 Å². The summed E-state index contributed by atoms with van der Waals surface area (Å²) in [5.74, 6) is -0.983. The van der Waals surface area contributed by atoms with Gasteiger partial charge in [0.2, 0.25) is 0 Å². The minimum Gasteiger partial charge on any atom is -0.481 e. The Bertz CT molecular complexity index is 462. The number of amides is 1. The third kappa shape index (κ3) is 3.30. The van der Waals surface area contributed by atoms with E-state index in [1.165, 1.54) is 11.3 Å². The van der Waals surface area contributed by atoms with Crippen LogP contribution in [-0.2, 0) is 9.53 Å². The number of hydrogen-bond donors (Lipinski definition) is 1. The van der Waals surface area contributed by atoms with Crippen LogP contribution in [0.5, 0.6) is 0 Å². The smallest absolute Gasteiger partial charge is 0.306 e. The standard InChI is InChI=1S/C11H12BrNO4S/c12-9-3-7(6-18-9)11(16)13-1-2-17-8(5-13)4-10(14)15/h3,6,8H,1-2,4-5H2,(H,14,15). The van der Waals surface area contributed by atoms with Crippen LogP contribution in [0.4, 0.5) is 0 Å². The highest BCUT2D eigenvalue weighted by atomic mass is 79.9. The second kappa shape index (κ2) is 5.81. The highest BCUT2D eigenvalue weighted by Crippen LogP contribution is 2.22. The summed E-state index contributed by atoms with van der Waals surface area (Å²) in [6.07, 6.45) is -0.487. The molecule has 18 heavy (non-hydrogen) atoms. The van der Waals surface area contributed by atoms with Gasteiger partial charge in [-0.2, -0.15) is 0 Å². The van der Waals surface area contributed by atoms with Crippen LogP contribution in [-0.4, -0.2) is 47.7 Å². The van der Waals surface area contributed by atoms with Gasteiger partial charge >= 0.3 is 5.97 Å². The number of ether oxygens (including phenoxy) is 1. The molecule has 0 saturated carbocycles. The lowest BCUT2D eigenvalue weighted by atomic mass is 10.2. The molecule has 0 spiro atoms. The molecule has 0 bridgehead atoms. The second-order valence-corrected chi connectivity index (χ2v) is 6.27. The van der Waals surface area contributed by atoms with Crippen molar-refractivity contribution in [2.24, 2.45) is 0 Å². The predicted molar refractivity (Wildman–Crippen MR) is 69.9 cm³/mol. The molecular weight excluding hydrogens is 322 g/mol. The first-order valence-corrected chi connectivity index (χ1v) is 7.10. The van der Waals surface area contributed by atoms with Gasteiger partial charge in [0.05, 0.1) is 28.5 Å². The van der Waals surface area contributed by atoms with Crippen LogP contribution in [0.2, 0.25) is 0 Å². The van der Waals surface area contributed by atoms with Gasteiger partial charge in [0.25, 0.3) is 5.91 Å². The molecule has 1 aromatic heterocycles. The van der Waals surface area contributed by atoms with Gasteiger partial charge in [-0.3, -0.25) is 9.59 Å². The van der Waals surface area contributed by atoms with E-state index >= 15 is 0 Å². The van der Waals surface area contributed by atoms with Crippen molar-refractivity contribution in [1.82, 2.24) is 4.90 Å². The van der Waals surface area contributed by atoms with Crippen LogP contribution in [0.3, 0.4) is 0 Å². The molecule has 98 valence electrons. The number of morpholine rings is 1. The van der Waals surface area contributed by atoms with Gasteiger partial charge in [-0.15, -0.1) is 11.3 Å². The van der Waals surface area contributed by atoms with E-state index < -0.39 is 12.1 Å². The van der Waals surface area contributed by atoms with Crippen LogP contribution < -0.4 is 0 Å². The quantitative estimate of drug-likeness (QED) is 0.916. The molecule has 2 rings (SSSR count). The third-order valence-corrected chi connectivity index (χ3v) is 4.15. The number of carbonyl (C=O) groups excluding carboxylic acids is 1. The summed E-state index contributed by atoms with van der Waals surface area (Å²) in [6, 6.07) is 1.77. The van der Waals surface area contributed by atoms with E-state index in [2.05, 4.69) is 15.9 Å². The van der Waals surface area contributed by atoms with Crippen LogP contribution in [0.1, 0.15) is 16.8 Å². The van der Waals surface area contributed by atoms with Gasteiger partial charge < -0.3 is 14.7 Å². The largest absolute Gasteiger partial charge is 0.481 e. The molecule has 7 heteroatoms. The van der Waals surface area contributed by atoms with E-state index in [4.69, 9.17) is 9.84 Å². The van der Waals surface area contributed by atoms with Crippen molar-refractivity contribution in [2.45, 2.75) is 12.5 Å². The fourth-order valence-electron chi connectivity index (χ4n) is 1.83. The van der Waals surface area contributed by atoms with E-state index in [0.29, 0.717) is 25.3 Å². The normalized spacial score (nSPS) is 19.8. The van der Waals surface area contributed by atoms with Crippen LogP contribution in [0.25, 0.3) is 0 Å². The highest BCUT2D eigenvalue weighted by molar-refractivity contribution is 9.11. The van der Waals surface area contributed by atoms with E-state index in [0.717, 1.165) is 3.79 Å². The van der Waals surface area contributed by atoms with Crippen molar-refractivity contribution in [3.63, 3.8) is 0 Å². The number of carbonyl (C=O) groups is 2. The average Bonchev–Trinajstić information content (AvgIpc) is 2.74. The number of rotatable bonds is 3. The molecule has 1 aromatic rings. The monoisotopic (exact) mass is 333 g/mol. The number of hydrogen-bond acceptors (Lipinski definition) is 4. The van der Waals surface area contributed by atoms with Gasteiger partial charge in [0.1, 0.15) is 0 Å². The first-order chi connectivity index (χ1) is 8.56. The molecule has 0 aliphatic carbocycles. The van der Waals surface area contributed by atoms with E-state index in [1.54, 1.807) is 16.3 Å². The van der Waals surface area contributed by atoms with Crippen LogP contribution in [0, 0.1) is 0 Å². The summed E-state index contributed by atoms with van der Waals surface area (Å²) in [7, 11) is 0. The summed E-state index contributed by atoms with van der Waals surface area (Å²) in [6.45, 7) is 1.22. The summed E-state index contributed by atoms with van der Waals surface area (Å²) in [5, 5.41) is 10.5. The Morgan fingerprint density at radius 2 is 2.39 bits per heavy atom. The molecule has 0 aromatic carbocycles. The molecular formula is C11H12BrNO4S. The first kappa shape index (κ1) is 13.5.